The van der Waals surface area contributed by atoms with E-state index in [4.69, 9.17) is 18.6 Å². The fourth-order valence-corrected chi connectivity index (χ4v) is 2.39. The van der Waals surface area contributed by atoms with Crippen molar-refractivity contribution in [3.63, 3.8) is 0 Å². The molecule has 0 saturated heterocycles. The van der Waals surface area contributed by atoms with Crippen LogP contribution in [0, 0.1) is 0 Å². The average molecular weight is 368 g/mol. The lowest BCUT2D eigenvalue weighted by Crippen LogP contribution is -2.08. The molecule has 7 nitrogen and oxygen atoms in total. The molecule has 1 heterocycles. The van der Waals surface area contributed by atoms with Gasteiger partial charge in [0.05, 0.1) is 20.1 Å². The van der Waals surface area contributed by atoms with Crippen LogP contribution in [0.1, 0.15) is 18.4 Å². The molecule has 0 saturated carbocycles. The summed E-state index contributed by atoms with van der Waals surface area (Å²) in [5, 5.41) is 7.87. The van der Waals surface area contributed by atoms with Gasteiger partial charge in [-0.2, -0.15) is 0 Å². The largest absolute Gasteiger partial charge is 0.497 e. The summed E-state index contributed by atoms with van der Waals surface area (Å²) in [5.74, 6) is 1.73. The predicted octanol–water partition coefficient (Wildman–Crippen LogP) is 3.43. The Hall–Kier alpha value is -3.35. The molecule has 0 atom stereocenters. The van der Waals surface area contributed by atoms with E-state index < -0.39 is 0 Å². The number of methoxy groups -OCH3 is 1. The zero-order valence-electron chi connectivity index (χ0n) is 15.2. The maximum Gasteiger partial charge on any atom is 0.310 e. The van der Waals surface area contributed by atoms with Crippen molar-refractivity contribution >= 4 is 5.97 Å². The Morgan fingerprint density at radius 3 is 2.37 bits per heavy atom. The summed E-state index contributed by atoms with van der Waals surface area (Å²) in [4.78, 5) is 12.0. The summed E-state index contributed by atoms with van der Waals surface area (Å²) in [6.07, 6.45) is 0.159. The minimum Gasteiger partial charge on any atom is -0.497 e. The van der Waals surface area contributed by atoms with Crippen LogP contribution in [-0.2, 0) is 22.6 Å². The molecule has 0 N–H and O–H groups in total. The molecular formula is C20H20N2O5. The molecule has 27 heavy (non-hydrogen) atoms. The molecule has 0 spiro atoms. The van der Waals surface area contributed by atoms with E-state index in [1.54, 1.807) is 19.2 Å². The third-order valence-corrected chi connectivity index (χ3v) is 3.74. The number of carbonyl (C=O) groups excluding carboxylic acids is 1. The molecule has 0 fully saturated rings. The fraction of sp³-hybridized carbons (Fsp3) is 0.250. The number of benzene rings is 2. The topological polar surface area (TPSA) is 83.7 Å². The van der Waals surface area contributed by atoms with Gasteiger partial charge in [-0.05, 0) is 48.9 Å². The van der Waals surface area contributed by atoms with Crippen molar-refractivity contribution in [2.45, 2.75) is 20.0 Å². The second-order valence-corrected chi connectivity index (χ2v) is 5.64. The minimum absolute atomic E-state index is 0.0704. The van der Waals surface area contributed by atoms with E-state index >= 15 is 0 Å². The van der Waals surface area contributed by atoms with Crippen molar-refractivity contribution in [1.82, 2.24) is 10.2 Å². The molecule has 0 radical (unpaired) electrons. The van der Waals surface area contributed by atoms with Crippen LogP contribution in [0.3, 0.4) is 0 Å². The van der Waals surface area contributed by atoms with Gasteiger partial charge in [-0.3, -0.25) is 4.79 Å². The lowest BCUT2D eigenvalue weighted by atomic mass is 10.1. The number of carbonyl (C=O) groups is 1. The van der Waals surface area contributed by atoms with E-state index in [9.17, 15) is 4.79 Å². The summed E-state index contributed by atoms with van der Waals surface area (Å²) >= 11 is 0. The quantitative estimate of drug-likeness (QED) is 0.563. The molecule has 7 heteroatoms. The summed E-state index contributed by atoms with van der Waals surface area (Å²) in [6, 6.07) is 14.5. The Kier molecular flexibility index (Phi) is 6.04. The van der Waals surface area contributed by atoms with Gasteiger partial charge in [0.2, 0.25) is 5.89 Å². The highest BCUT2D eigenvalue weighted by Crippen LogP contribution is 2.21. The Bertz CT molecular complexity index is 872. The molecule has 0 aliphatic heterocycles. The highest BCUT2D eigenvalue weighted by atomic mass is 16.5. The van der Waals surface area contributed by atoms with Crippen molar-refractivity contribution < 1.29 is 23.4 Å². The van der Waals surface area contributed by atoms with Gasteiger partial charge >= 0.3 is 5.97 Å². The third kappa shape index (κ3) is 5.07. The average Bonchev–Trinajstić information content (AvgIpc) is 3.17. The summed E-state index contributed by atoms with van der Waals surface area (Å²) < 4.78 is 21.2. The molecule has 2 aromatic carbocycles. The number of esters is 1. The first-order chi connectivity index (χ1) is 13.2. The molecule has 3 rings (SSSR count). The van der Waals surface area contributed by atoms with Gasteiger partial charge in [-0.25, -0.2) is 0 Å². The van der Waals surface area contributed by atoms with Crippen LogP contribution in [-0.4, -0.2) is 29.9 Å². The van der Waals surface area contributed by atoms with Gasteiger partial charge in [0.1, 0.15) is 11.5 Å². The third-order valence-electron chi connectivity index (χ3n) is 3.74. The number of aromatic nitrogens is 2. The van der Waals surface area contributed by atoms with E-state index in [1.807, 2.05) is 43.3 Å². The number of ether oxygens (including phenoxy) is 3. The van der Waals surface area contributed by atoms with Gasteiger partial charge in [-0.1, -0.05) is 12.1 Å². The van der Waals surface area contributed by atoms with Crippen LogP contribution in [0.15, 0.2) is 52.9 Å². The molecule has 1 aromatic heterocycles. The Morgan fingerprint density at radius 2 is 1.70 bits per heavy atom. The lowest BCUT2D eigenvalue weighted by molar-refractivity contribution is -0.144. The van der Waals surface area contributed by atoms with Crippen LogP contribution < -0.4 is 9.47 Å². The fourth-order valence-electron chi connectivity index (χ4n) is 2.39. The van der Waals surface area contributed by atoms with Crippen molar-refractivity contribution in [3.05, 3.63) is 60.0 Å². The lowest BCUT2D eigenvalue weighted by Gasteiger charge is -2.05. The Balaban J connectivity index is 1.52. The summed E-state index contributed by atoms with van der Waals surface area (Å²) in [6.45, 7) is 2.45. The van der Waals surface area contributed by atoms with E-state index in [2.05, 4.69) is 10.2 Å². The van der Waals surface area contributed by atoms with Crippen molar-refractivity contribution in [2.75, 3.05) is 13.7 Å². The second kappa shape index (κ2) is 8.84. The number of rotatable bonds is 8. The monoisotopic (exact) mass is 368 g/mol. The van der Waals surface area contributed by atoms with E-state index in [0.717, 1.165) is 22.6 Å². The first kappa shape index (κ1) is 18.4. The highest BCUT2D eigenvalue weighted by molar-refractivity contribution is 5.72. The molecule has 3 aromatic rings. The maximum atomic E-state index is 12.0. The number of nitrogens with zero attached hydrogens (tertiary/aromatic N) is 2. The number of hydrogen-bond donors (Lipinski definition) is 0. The van der Waals surface area contributed by atoms with Gasteiger partial charge in [0.15, 0.2) is 6.61 Å². The SMILES string of the molecule is CCOc1ccc(CC(=O)OCc2nnc(-c3ccc(OC)cc3)o2)cc1. The molecule has 0 unspecified atom stereocenters. The van der Waals surface area contributed by atoms with Gasteiger partial charge in [-0.15, -0.1) is 10.2 Å². The van der Waals surface area contributed by atoms with Gasteiger partial charge in [0, 0.05) is 5.56 Å². The van der Waals surface area contributed by atoms with Crippen LogP contribution in [0.2, 0.25) is 0 Å². The van der Waals surface area contributed by atoms with Crippen LogP contribution >= 0.6 is 0 Å². The predicted molar refractivity (Wildman–Crippen MR) is 97.4 cm³/mol. The summed E-state index contributed by atoms with van der Waals surface area (Å²) in [5.41, 5.74) is 1.60. The Labute approximate surface area is 156 Å². The van der Waals surface area contributed by atoms with Gasteiger partial charge in [0.25, 0.3) is 5.89 Å². The first-order valence-electron chi connectivity index (χ1n) is 8.52. The molecule has 0 bridgehead atoms. The first-order valence-corrected chi connectivity index (χ1v) is 8.52. The van der Waals surface area contributed by atoms with Crippen molar-refractivity contribution in [3.8, 4) is 23.0 Å². The van der Waals surface area contributed by atoms with E-state index in [0.29, 0.717) is 12.5 Å². The van der Waals surface area contributed by atoms with Gasteiger partial charge < -0.3 is 18.6 Å². The van der Waals surface area contributed by atoms with Crippen molar-refractivity contribution in [2.24, 2.45) is 0 Å². The molecule has 140 valence electrons. The Morgan fingerprint density at radius 1 is 1.00 bits per heavy atom. The highest BCUT2D eigenvalue weighted by Gasteiger charge is 2.12. The maximum absolute atomic E-state index is 12.0. The minimum atomic E-state index is -0.372. The van der Waals surface area contributed by atoms with E-state index in [-0.39, 0.29) is 24.9 Å². The molecule has 0 aliphatic rings. The molecule has 0 amide bonds. The second-order valence-electron chi connectivity index (χ2n) is 5.64. The zero-order chi connectivity index (χ0) is 19.1. The normalized spacial score (nSPS) is 10.4. The molecular weight excluding hydrogens is 348 g/mol. The zero-order valence-corrected chi connectivity index (χ0v) is 15.2. The van der Waals surface area contributed by atoms with E-state index in [1.165, 1.54) is 0 Å². The van der Waals surface area contributed by atoms with Crippen molar-refractivity contribution in [1.29, 1.82) is 0 Å². The molecule has 0 aliphatic carbocycles. The smallest absolute Gasteiger partial charge is 0.310 e. The number of hydrogen-bond acceptors (Lipinski definition) is 7. The summed E-state index contributed by atoms with van der Waals surface area (Å²) in [7, 11) is 1.60. The standard InChI is InChI=1S/C20H20N2O5/c1-3-25-17-8-4-14(5-9-17)12-19(23)26-13-18-21-22-20(27-18)15-6-10-16(24-2)11-7-15/h4-11H,3,12-13H2,1-2H3. The van der Waals surface area contributed by atoms with Crippen LogP contribution in [0.25, 0.3) is 11.5 Å². The van der Waals surface area contributed by atoms with Crippen LogP contribution in [0.5, 0.6) is 11.5 Å². The van der Waals surface area contributed by atoms with Crippen LogP contribution in [0.4, 0.5) is 0 Å².